The number of hydrogen-bond donors (Lipinski definition) is 1. The van der Waals surface area contributed by atoms with Gasteiger partial charge in [-0.25, -0.2) is 0 Å². The Hall–Kier alpha value is -1.82. The molecule has 0 radical (unpaired) electrons. The molecular formula is C12H11F3N2O. The van der Waals surface area contributed by atoms with Crippen LogP contribution in [0.3, 0.4) is 0 Å². The van der Waals surface area contributed by atoms with E-state index in [1.165, 1.54) is 12.1 Å². The smallest absolute Gasteiger partial charge is 0.328 e. The molecule has 3 nitrogen and oxygen atoms in total. The lowest BCUT2D eigenvalue weighted by Gasteiger charge is -2.21. The van der Waals surface area contributed by atoms with E-state index in [0.29, 0.717) is 9.95 Å². The molecule has 6 heteroatoms. The van der Waals surface area contributed by atoms with Crippen LogP contribution in [0.4, 0.5) is 13.2 Å². The number of halogens is 3. The lowest BCUT2D eigenvalue weighted by atomic mass is 10.1. The summed E-state index contributed by atoms with van der Waals surface area (Å²) in [5.41, 5.74) is 4.44. The normalized spacial score (nSPS) is 13.8. The van der Waals surface area contributed by atoms with Gasteiger partial charge in [0, 0.05) is 18.1 Å². The third kappa shape index (κ3) is 2.11. The topological polar surface area (TPSA) is 48.0 Å². The maximum absolute atomic E-state index is 12.7. The van der Waals surface area contributed by atoms with Gasteiger partial charge in [-0.15, -0.1) is 0 Å². The highest BCUT2D eigenvalue weighted by Gasteiger charge is 2.40. The first-order chi connectivity index (χ1) is 8.45. The zero-order valence-electron chi connectivity index (χ0n) is 9.32. The van der Waals surface area contributed by atoms with Gasteiger partial charge in [0.25, 0.3) is 5.56 Å². The van der Waals surface area contributed by atoms with Crippen LogP contribution >= 0.6 is 0 Å². The average molecular weight is 256 g/mol. The van der Waals surface area contributed by atoms with E-state index >= 15 is 0 Å². The molecule has 0 saturated carbocycles. The van der Waals surface area contributed by atoms with E-state index in [1.807, 2.05) is 0 Å². The van der Waals surface area contributed by atoms with Crippen molar-refractivity contribution in [2.75, 3.05) is 6.54 Å². The second-order valence-corrected chi connectivity index (χ2v) is 3.91. The molecule has 1 atom stereocenters. The minimum absolute atomic E-state index is 0.253. The van der Waals surface area contributed by atoms with Crippen molar-refractivity contribution in [1.82, 2.24) is 4.57 Å². The Morgan fingerprint density at radius 1 is 1.22 bits per heavy atom. The molecule has 0 saturated heterocycles. The summed E-state index contributed by atoms with van der Waals surface area (Å²) < 4.78 is 38.9. The quantitative estimate of drug-likeness (QED) is 0.894. The first kappa shape index (κ1) is 12.6. The molecule has 1 aromatic carbocycles. The van der Waals surface area contributed by atoms with E-state index in [0.717, 1.165) is 6.20 Å². The fourth-order valence-electron chi connectivity index (χ4n) is 1.85. The van der Waals surface area contributed by atoms with Crippen LogP contribution in [0.2, 0.25) is 0 Å². The number of pyridine rings is 1. The fourth-order valence-corrected chi connectivity index (χ4v) is 1.85. The van der Waals surface area contributed by atoms with Crippen molar-refractivity contribution >= 4 is 10.8 Å². The summed E-state index contributed by atoms with van der Waals surface area (Å²) in [6.45, 7) is -0.665. The summed E-state index contributed by atoms with van der Waals surface area (Å²) in [6.07, 6.45) is -3.41. The zero-order chi connectivity index (χ0) is 13.3. The minimum atomic E-state index is -4.54. The number of alkyl halides is 3. The summed E-state index contributed by atoms with van der Waals surface area (Å²) in [5, 5.41) is 0.861. The number of benzene rings is 1. The van der Waals surface area contributed by atoms with Crippen molar-refractivity contribution in [1.29, 1.82) is 0 Å². The largest absolute Gasteiger partial charge is 0.410 e. The molecule has 1 unspecified atom stereocenters. The number of fused-ring (bicyclic) bond motifs is 1. The second kappa shape index (κ2) is 4.45. The van der Waals surface area contributed by atoms with Gasteiger partial charge in [0.15, 0.2) is 0 Å². The van der Waals surface area contributed by atoms with Crippen LogP contribution in [0.25, 0.3) is 10.8 Å². The molecule has 0 aliphatic carbocycles. The molecule has 2 rings (SSSR count). The van der Waals surface area contributed by atoms with Gasteiger partial charge in [-0.05, 0) is 17.5 Å². The summed E-state index contributed by atoms with van der Waals surface area (Å²) in [7, 11) is 0. The number of nitrogens with two attached hydrogens (primary N) is 1. The van der Waals surface area contributed by atoms with Crippen LogP contribution in [0.15, 0.2) is 41.3 Å². The van der Waals surface area contributed by atoms with Crippen LogP contribution in [-0.2, 0) is 0 Å². The lowest BCUT2D eigenvalue weighted by Crippen LogP contribution is -2.38. The van der Waals surface area contributed by atoms with Crippen molar-refractivity contribution in [3.8, 4) is 0 Å². The predicted octanol–water partition coefficient (Wildman–Crippen LogP) is 2.06. The summed E-state index contributed by atoms with van der Waals surface area (Å²) in [6, 6.07) is 5.99. The van der Waals surface area contributed by atoms with Crippen LogP contribution < -0.4 is 11.3 Å². The highest BCUT2D eigenvalue weighted by molar-refractivity contribution is 5.81. The molecular weight excluding hydrogens is 245 g/mol. The number of rotatable bonds is 2. The Morgan fingerprint density at radius 3 is 2.50 bits per heavy atom. The molecule has 0 spiro atoms. The van der Waals surface area contributed by atoms with Crippen molar-refractivity contribution in [2.24, 2.45) is 5.73 Å². The van der Waals surface area contributed by atoms with Gasteiger partial charge in [-0.1, -0.05) is 18.2 Å². The van der Waals surface area contributed by atoms with Gasteiger partial charge in [0.05, 0.1) is 0 Å². The van der Waals surface area contributed by atoms with Gasteiger partial charge in [-0.3, -0.25) is 4.79 Å². The van der Waals surface area contributed by atoms with E-state index < -0.39 is 24.3 Å². The molecule has 1 aromatic heterocycles. The first-order valence-electron chi connectivity index (χ1n) is 5.32. The van der Waals surface area contributed by atoms with E-state index in [2.05, 4.69) is 0 Å². The third-order valence-corrected chi connectivity index (χ3v) is 2.78. The standard InChI is InChI=1S/C12H11F3N2O/c13-12(14,15)10(7-16)17-6-5-8-3-1-2-4-9(8)11(17)18/h1-6,10H,7,16H2. The van der Waals surface area contributed by atoms with E-state index in [1.54, 1.807) is 18.2 Å². The predicted molar refractivity (Wildman–Crippen MR) is 62.4 cm³/mol. The molecule has 18 heavy (non-hydrogen) atoms. The van der Waals surface area contributed by atoms with Crippen molar-refractivity contribution in [3.05, 3.63) is 46.9 Å². The first-order valence-corrected chi connectivity index (χ1v) is 5.32. The van der Waals surface area contributed by atoms with E-state index in [9.17, 15) is 18.0 Å². The Labute approximate surface area is 101 Å². The average Bonchev–Trinajstić information content (AvgIpc) is 2.32. The van der Waals surface area contributed by atoms with Crippen LogP contribution in [0.5, 0.6) is 0 Å². The zero-order valence-corrected chi connectivity index (χ0v) is 9.32. The monoisotopic (exact) mass is 256 g/mol. The molecule has 0 aliphatic heterocycles. The molecule has 0 bridgehead atoms. The molecule has 1 heterocycles. The lowest BCUT2D eigenvalue weighted by molar-refractivity contribution is -0.165. The number of hydrogen-bond acceptors (Lipinski definition) is 2. The maximum atomic E-state index is 12.7. The van der Waals surface area contributed by atoms with Crippen molar-refractivity contribution < 1.29 is 13.2 Å². The Bertz CT molecular complexity index is 618. The SMILES string of the molecule is NCC(n1ccc2ccccc2c1=O)C(F)(F)F. The molecule has 2 N–H and O–H groups in total. The van der Waals surface area contributed by atoms with Gasteiger partial charge in [-0.2, -0.15) is 13.2 Å². The van der Waals surface area contributed by atoms with Crippen LogP contribution in [0.1, 0.15) is 6.04 Å². The summed E-state index contributed by atoms with van der Waals surface area (Å²) >= 11 is 0. The van der Waals surface area contributed by atoms with E-state index in [-0.39, 0.29) is 5.39 Å². The Kier molecular flexibility index (Phi) is 3.13. The third-order valence-electron chi connectivity index (χ3n) is 2.78. The molecule has 96 valence electrons. The molecule has 0 aliphatic rings. The van der Waals surface area contributed by atoms with Gasteiger partial charge >= 0.3 is 6.18 Å². The van der Waals surface area contributed by atoms with Gasteiger partial charge in [0.2, 0.25) is 0 Å². The fraction of sp³-hybridized carbons (Fsp3) is 0.250. The van der Waals surface area contributed by atoms with Gasteiger partial charge in [0.1, 0.15) is 6.04 Å². The number of nitrogens with zero attached hydrogens (tertiary/aromatic N) is 1. The molecule has 0 amide bonds. The van der Waals surface area contributed by atoms with Crippen molar-refractivity contribution in [2.45, 2.75) is 12.2 Å². The molecule has 0 fully saturated rings. The van der Waals surface area contributed by atoms with Gasteiger partial charge < -0.3 is 10.3 Å². The van der Waals surface area contributed by atoms with Crippen molar-refractivity contribution in [3.63, 3.8) is 0 Å². The van der Waals surface area contributed by atoms with Crippen LogP contribution in [0, 0.1) is 0 Å². The van der Waals surface area contributed by atoms with E-state index in [4.69, 9.17) is 5.73 Å². The maximum Gasteiger partial charge on any atom is 0.410 e. The highest BCUT2D eigenvalue weighted by Crippen LogP contribution is 2.28. The Balaban J connectivity index is 2.66. The Morgan fingerprint density at radius 2 is 1.89 bits per heavy atom. The van der Waals surface area contributed by atoms with Crippen LogP contribution in [-0.4, -0.2) is 17.3 Å². The minimum Gasteiger partial charge on any atom is -0.328 e. The number of aromatic nitrogens is 1. The summed E-state index contributed by atoms with van der Waals surface area (Å²) in [4.78, 5) is 12.0. The highest BCUT2D eigenvalue weighted by atomic mass is 19.4. The second-order valence-electron chi connectivity index (χ2n) is 3.91. The summed E-state index contributed by atoms with van der Waals surface area (Å²) in [5.74, 6) is 0. The molecule has 2 aromatic rings.